The third kappa shape index (κ3) is 3.90. The molecule has 170 valence electrons. The zero-order valence-corrected chi connectivity index (χ0v) is 19.2. The van der Waals surface area contributed by atoms with Gasteiger partial charge >= 0.3 is 0 Å². The van der Waals surface area contributed by atoms with Gasteiger partial charge in [-0.15, -0.1) is 0 Å². The molecule has 2 heterocycles. The Kier molecular flexibility index (Phi) is 5.76. The maximum Gasteiger partial charge on any atom is 0.294 e. The summed E-state index contributed by atoms with van der Waals surface area (Å²) in [5, 5.41) is 0. The Hall–Kier alpha value is -4.12. The third-order valence-corrected chi connectivity index (χ3v) is 6.37. The fourth-order valence-electron chi connectivity index (χ4n) is 4.72. The van der Waals surface area contributed by atoms with E-state index in [0.717, 1.165) is 22.5 Å². The van der Waals surface area contributed by atoms with Crippen LogP contribution in [-0.2, 0) is 0 Å². The monoisotopic (exact) mass is 450 g/mol. The molecule has 0 unspecified atom stereocenters. The van der Waals surface area contributed by atoms with Crippen molar-refractivity contribution in [3.8, 4) is 0 Å². The van der Waals surface area contributed by atoms with Crippen molar-refractivity contribution in [3.63, 3.8) is 0 Å². The summed E-state index contributed by atoms with van der Waals surface area (Å²) >= 11 is 0. The molecule has 0 N–H and O–H groups in total. The molecule has 0 fully saturated rings. The van der Waals surface area contributed by atoms with E-state index in [0.29, 0.717) is 17.7 Å². The third-order valence-electron chi connectivity index (χ3n) is 6.37. The minimum Gasteiger partial charge on any atom is -0.459 e. The molecule has 1 aliphatic rings. The molecular formula is C29H26N2O3. The van der Waals surface area contributed by atoms with Gasteiger partial charge in [-0.25, -0.2) is 0 Å². The summed E-state index contributed by atoms with van der Waals surface area (Å²) in [5.74, 6) is 0.0549. The minimum atomic E-state index is -0.233. The molecule has 34 heavy (non-hydrogen) atoms. The van der Waals surface area contributed by atoms with Crippen LogP contribution in [0.25, 0.3) is 0 Å². The van der Waals surface area contributed by atoms with Crippen LogP contribution in [0.15, 0.2) is 102 Å². The molecule has 1 aliphatic heterocycles. The van der Waals surface area contributed by atoms with Crippen LogP contribution in [0.5, 0.6) is 0 Å². The van der Waals surface area contributed by atoms with Crippen molar-refractivity contribution in [3.05, 3.63) is 120 Å². The van der Waals surface area contributed by atoms with Crippen LogP contribution in [0.4, 0.5) is 11.4 Å². The van der Waals surface area contributed by atoms with Crippen LogP contribution in [-0.4, -0.2) is 17.9 Å². The molecule has 4 aromatic rings. The molecule has 0 saturated heterocycles. The standard InChI is InChI=1S/C29H26N2O3/c1-20-14-16-22(17-15-20)28(32)31(23-9-4-3-5-10-23)26-19-21(2)30(25-12-7-6-11-24(25)26)29(33)27-13-8-18-34-27/h3-18,21,26H,19H2,1-2H3/t21-,26+/m1/s1. The number of carbonyl (C=O) groups is 2. The van der Waals surface area contributed by atoms with E-state index in [1.54, 1.807) is 17.0 Å². The second-order valence-electron chi connectivity index (χ2n) is 8.69. The normalized spacial score (nSPS) is 17.2. The lowest BCUT2D eigenvalue weighted by Gasteiger charge is -2.43. The highest BCUT2D eigenvalue weighted by atomic mass is 16.3. The predicted octanol–water partition coefficient (Wildman–Crippen LogP) is 6.42. The Bertz CT molecular complexity index is 1300. The number of para-hydroxylation sites is 2. The molecule has 0 spiro atoms. The lowest BCUT2D eigenvalue weighted by atomic mass is 9.89. The zero-order valence-electron chi connectivity index (χ0n) is 19.2. The van der Waals surface area contributed by atoms with Gasteiger partial charge in [-0.3, -0.25) is 9.59 Å². The highest BCUT2D eigenvalue weighted by molar-refractivity contribution is 6.08. The maximum absolute atomic E-state index is 13.9. The van der Waals surface area contributed by atoms with Gasteiger partial charge in [-0.1, -0.05) is 54.1 Å². The fraction of sp³-hybridized carbons (Fsp3) is 0.172. The smallest absolute Gasteiger partial charge is 0.294 e. The van der Waals surface area contributed by atoms with Gasteiger partial charge in [-0.2, -0.15) is 0 Å². The number of rotatable bonds is 4. The first-order valence-electron chi connectivity index (χ1n) is 11.5. The van der Waals surface area contributed by atoms with Crippen LogP contribution in [0, 0.1) is 6.92 Å². The van der Waals surface area contributed by atoms with Gasteiger partial charge in [0.25, 0.3) is 11.8 Å². The van der Waals surface area contributed by atoms with E-state index in [2.05, 4.69) is 0 Å². The van der Waals surface area contributed by atoms with Crippen LogP contribution in [0.2, 0.25) is 0 Å². The number of hydrogen-bond donors (Lipinski definition) is 0. The zero-order chi connectivity index (χ0) is 23.7. The molecule has 1 aromatic heterocycles. The summed E-state index contributed by atoms with van der Waals surface area (Å²) in [6.45, 7) is 4.02. The van der Waals surface area contributed by atoms with Gasteiger partial charge in [0.1, 0.15) is 0 Å². The molecule has 0 aliphatic carbocycles. The fourth-order valence-corrected chi connectivity index (χ4v) is 4.72. The van der Waals surface area contributed by atoms with E-state index >= 15 is 0 Å². The van der Waals surface area contributed by atoms with E-state index in [-0.39, 0.29) is 23.9 Å². The SMILES string of the molecule is Cc1ccc(C(=O)N(c2ccccc2)[C@H]2C[C@@H](C)N(C(=O)c3ccco3)c3ccccc32)cc1. The lowest BCUT2D eigenvalue weighted by Crippen LogP contribution is -2.47. The van der Waals surface area contributed by atoms with Crippen LogP contribution >= 0.6 is 0 Å². The van der Waals surface area contributed by atoms with Crippen molar-refractivity contribution in [2.24, 2.45) is 0 Å². The van der Waals surface area contributed by atoms with Crippen molar-refractivity contribution in [2.45, 2.75) is 32.4 Å². The largest absolute Gasteiger partial charge is 0.459 e. The molecule has 5 nitrogen and oxygen atoms in total. The van der Waals surface area contributed by atoms with Crippen LogP contribution < -0.4 is 9.80 Å². The van der Waals surface area contributed by atoms with Crippen molar-refractivity contribution >= 4 is 23.2 Å². The minimum absolute atomic E-state index is 0.0657. The Morgan fingerprint density at radius 3 is 2.29 bits per heavy atom. The molecular weight excluding hydrogens is 424 g/mol. The lowest BCUT2D eigenvalue weighted by molar-refractivity contribution is 0.0944. The first-order chi connectivity index (χ1) is 16.5. The second kappa shape index (κ2) is 9.02. The Balaban J connectivity index is 1.61. The molecule has 5 rings (SSSR count). The summed E-state index contributed by atoms with van der Waals surface area (Å²) in [6.07, 6.45) is 2.10. The van der Waals surface area contributed by atoms with Gasteiger partial charge in [0, 0.05) is 23.0 Å². The highest BCUT2D eigenvalue weighted by Crippen LogP contribution is 2.43. The van der Waals surface area contributed by atoms with E-state index in [1.807, 2.05) is 97.6 Å². The van der Waals surface area contributed by atoms with E-state index in [4.69, 9.17) is 4.42 Å². The predicted molar refractivity (Wildman–Crippen MR) is 133 cm³/mol. The Morgan fingerprint density at radius 2 is 1.59 bits per heavy atom. The quantitative estimate of drug-likeness (QED) is 0.361. The number of furan rings is 1. The van der Waals surface area contributed by atoms with E-state index < -0.39 is 0 Å². The maximum atomic E-state index is 13.9. The molecule has 2 amide bonds. The molecule has 3 aromatic carbocycles. The van der Waals surface area contributed by atoms with E-state index in [1.165, 1.54) is 6.26 Å². The van der Waals surface area contributed by atoms with Gasteiger partial charge in [-0.05, 0) is 68.3 Å². The highest BCUT2D eigenvalue weighted by Gasteiger charge is 2.39. The number of aryl methyl sites for hydroxylation is 1. The second-order valence-corrected chi connectivity index (χ2v) is 8.69. The number of nitrogens with zero attached hydrogens (tertiary/aromatic N) is 2. The Morgan fingerprint density at radius 1 is 0.882 bits per heavy atom. The summed E-state index contributed by atoms with van der Waals surface area (Å²) in [5.41, 5.74) is 4.29. The summed E-state index contributed by atoms with van der Waals surface area (Å²) in [6, 6.07) is 28.2. The molecule has 2 atom stereocenters. The van der Waals surface area contributed by atoms with Gasteiger partial charge in [0.05, 0.1) is 12.3 Å². The topological polar surface area (TPSA) is 53.8 Å². The summed E-state index contributed by atoms with van der Waals surface area (Å²) < 4.78 is 5.41. The van der Waals surface area contributed by atoms with Gasteiger partial charge < -0.3 is 14.2 Å². The molecule has 0 saturated carbocycles. The molecule has 5 heteroatoms. The number of amides is 2. The number of fused-ring (bicyclic) bond motifs is 1. The van der Waals surface area contributed by atoms with Gasteiger partial charge in [0.15, 0.2) is 5.76 Å². The summed E-state index contributed by atoms with van der Waals surface area (Å²) in [4.78, 5) is 30.9. The number of carbonyl (C=O) groups excluding carboxylic acids is 2. The number of anilines is 2. The number of hydrogen-bond acceptors (Lipinski definition) is 3. The average Bonchev–Trinajstić information content (AvgIpc) is 3.40. The van der Waals surface area contributed by atoms with Crippen molar-refractivity contribution in [2.75, 3.05) is 9.80 Å². The Labute approximate surface area is 199 Å². The van der Waals surface area contributed by atoms with E-state index in [9.17, 15) is 9.59 Å². The van der Waals surface area contributed by atoms with Crippen molar-refractivity contribution in [1.82, 2.24) is 0 Å². The number of benzene rings is 3. The molecule has 0 radical (unpaired) electrons. The van der Waals surface area contributed by atoms with Crippen molar-refractivity contribution in [1.29, 1.82) is 0 Å². The first kappa shape index (κ1) is 21.7. The van der Waals surface area contributed by atoms with Crippen LogP contribution in [0.1, 0.15) is 51.4 Å². The van der Waals surface area contributed by atoms with Gasteiger partial charge in [0.2, 0.25) is 0 Å². The van der Waals surface area contributed by atoms with Crippen molar-refractivity contribution < 1.29 is 14.0 Å². The first-order valence-corrected chi connectivity index (χ1v) is 11.5. The average molecular weight is 451 g/mol. The van der Waals surface area contributed by atoms with Crippen LogP contribution in [0.3, 0.4) is 0 Å². The summed E-state index contributed by atoms with van der Waals surface area (Å²) in [7, 11) is 0. The molecule has 0 bridgehead atoms.